The molecule has 7 unspecified atom stereocenters. The van der Waals surface area contributed by atoms with Crippen LogP contribution in [-0.2, 0) is 14.3 Å². The van der Waals surface area contributed by atoms with E-state index in [1.54, 1.807) is 13.0 Å². The number of aliphatic hydroxyl groups is 3. The molecule has 7 atom stereocenters. The van der Waals surface area contributed by atoms with E-state index in [0.29, 0.717) is 17.6 Å². The SMILES string of the molecule is COC(=O)C12CC(C)C3(O)C(C=C(CO)CC4(O)C(=O)C(C)=CC43)C1C2(C)C. The van der Waals surface area contributed by atoms with Crippen LogP contribution in [0.15, 0.2) is 23.3 Å². The van der Waals surface area contributed by atoms with Gasteiger partial charge >= 0.3 is 5.97 Å². The van der Waals surface area contributed by atoms with Crippen LogP contribution in [0.25, 0.3) is 0 Å². The molecule has 4 aliphatic rings. The molecule has 154 valence electrons. The Balaban J connectivity index is 1.92. The molecule has 0 amide bonds. The molecular weight excluding hydrogens is 360 g/mol. The van der Waals surface area contributed by atoms with Gasteiger partial charge in [0.05, 0.1) is 24.7 Å². The Bertz CT molecular complexity index is 825. The summed E-state index contributed by atoms with van der Waals surface area (Å²) in [5, 5.41) is 33.4. The lowest BCUT2D eigenvalue weighted by Gasteiger charge is -2.50. The first-order chi connectivity index (χ1) is 12.9. The van der Waals surface area contributed by atoms with E-state index in [9.17, 15) is 24.9 Å². The minimum atomic E-state index is -1.76. The van der Waals surface area contributed by atoms with Crippen molar-refractivity contribution in [1.29, 1.82) is 0 Å². The van der Waals surface area contributed by atoms with Crippen molar-refractivity contribution in [2.75, 3.05) is 13.7 Å². The van der Waals surface area contributed by atoms with Gasteiger partial charge in [-0.25, -0.2) is 0 Å². The van der Waals surface area contributed by atoms with Crippen LogP contribution in [0.4, 0.5) is 0 Å². The predicted octanol–water partition coefficient (Wildman–Crippen LogP) is 1.39. The van der Waals surface area contributed by atoms with Gasteiger partial charge in [-0.05, 0) is 41.7 Å². The van der Waals surface area contributed by atoms with Crippen LogP contribution in [0.1, 0.15) is 40.5 Å². The first kappa shape index (κ1) is 19.8. The Labute approximate surface area is 165 Å². The molecule has 28 heavy (non-hydrogen) atoms. The second-order valence-corrected chi connectivity index (χ2v) is 9.92. The molecular formula is C22H30O6. The maximum atomic E-state index is 12.8. The van der Waals surface area contributed by atoms with Gasteiger partial charge in [-0.15, -0.1) is 0 Å². The summed E-state index contributed by atoms with van der Waals surface area (Å²) >= 11 is 0. The zero-order valence-electron chi connectivity index (χ0n) is 17.2. The summed E-state index contributed by atoms with van der Waals surface area (Å²) in [4.78, 5) is 25.6. The lowest BCUT2D eigenvalue weighted by molar-refractivity contribution is -0.178. The summed E-state index contributed by atoms with van der Waals surface area (Å²) < 4.78 is 5.15. The van der Waals surface area contributed by atoms with Crippen LogP contribution in [0, 0.1) is 34.5 Å². The van der Waals surface area contributed by atoms with E-state index < -0.39 is 39.7 Å². The van der Waals surface area contributed by atoms with Crippen LogP contribution < -0.4 is 0 Å². The van der Waals surface area contributed by atoms with E-state index in [0.717, 1.165) is 0 Å². The molecule has 6 heteroatoms. The number of Topliss-reactive ketones (excluding diaryl/α,β-unsaturated/α-hetero) is 1. The molecule has 0 aromatic heterocycles. The number of fused-ring (bicyclic) bond motifs is 5. The monoisotopic (exact) mass is 390 g/mol. The normalized spacial score (nSPS) is 48.5. The van der Waals surface area contributed by atoms with Gasteiger partial charge in [-0.1, -0.05) is 32.9 Å². The van der Waals surface area contributed by atoms with Crippen molar-refractivity contribution in [3.05, 3.63) is 23.3 Å². The molecule has 0 heterocycles. The van der Waals surface area contributed by atoms with Crippen LogP contribution in [0.5, 0.6) is 0 Å². The molecule has 0 radical (unpaired) electrons. The molecule has 0 saturated heterocycles. The van der Waals surface area contributed by atoms with Crippen LogP contribution >= 0.6 is 0 Å². The van der Waals surface area contributed by atoms with Gasteiger partial charge in [-0.3, -0.25) is 9.59 Å². The lowest BCUT2D eigenvalue weighted by Crippen LogP contribution is -2.60. The molecule has 0 aromatic rings. The fourth-order valence-electron chi connectivity index (χ4n) is 7.10. The third-order valence-corrected chi connectivity index (χ3v) is 8.53. The van der Waals surface area contributed by atoms with Crippen molar-refractivity contribution in [2.45, 2.75) is 51.7 Å². The van der Waals surface area contributed by atoms with Gasteiger partial charge in [0, 0.05) is 18.3 Å². The minimum Gasteiger partial charge on any atom is -0.469 e. The topological polar surface area (TPSA) is 104 Å². The number of carbonyl (C=O) groups is 2. The number of rotatable bonds is 2. The second-order valence-electron chi connectivity index (χ2n) is 9.92. The van der Waals surface area contributed by atoms with E-state index in [2.05, 4.69) is 0 Å². The van der Waals surface area contributed by atoms with Crippen molar-refractivity contribution < 1.29 is 29.6 Å². The summed E-state index contributed by atoms with van der Waals surface area (Å²) in [6.07, 6.45) is 3.94. The molecule has 6 nitrogen and oxygen atoms in total. The van der Waals surface area contributed by atoms with Crippen molar-refractivity contribution in [3.63, 3.8) is 0 Å². The first-order valence-corrected chi connectivity index (χ1v) is 9.99. The average Bonchev–Trinajstić information content (AvgIpc) is 3.08. The zero-order valence-corrected chi connectivity index (χ0v) is 17.2. The summed E-state index contributed by atoms with van der Waals surface area (Å²) in [6, 6.07) is 0. The summed E-state index contributed by atoms with van der Waals surface area (Å²) in [7, 11) is 1.39. The molecule has 0 aliphatic heterocycles. The molecule has 4 aliphatic carbocycles. The van der Waals surface area contributed by atoms with Crippen molar-refractivity contribution in [3.8, 4) is 0 Å². The molecule has 0 aromatic carbocycles. The van der Waals surface area contributed by atoms with E-state index in [1.807, 2.05) is 26.8 Å². The third kappa shape index (κ3) is 1.94. The van der Waals surface area contributed by atoms with Gasteiger partial charge in [-0.2, -0.15) is 0 Å². The van der Waals surface area contributed by atoms with E-state index >= 15 is 0 Å². The Morgan fingerprint density at radius 3 is 2.50 bits per heavy atom. The quantitative estimate of drug-likeness (QED) is 0.486. The standard InChI is InChI=1S/C22H30O6/c1-11-6-15-21(26,17(11)24)9-13(10-23)7-14-16-19(3,4)20(16,18(25)28-5)8-12(2)22(14,15)27/h6-7,12,14-16,23,26-27H,8-10H2,1-5H3. The number of esters is 1. The van der Waals surface area contributed by atoms with Gasteiger partial charge in [0.1, 0.15) is 5.60 Å². The summed E-state index contributed by atoms with van der Waals surface area (Å²) in [6.45, 7) is 7.26. The largest absolute Gasteiger partial charge is 0.469 e. The Hall–Kier alpha value is -1.50. The summed E-state index contributed by atoms with van der Waals surface area (Å²) in [5.74, 6) is -2.46. The van der Waals surface area contributed by atoms with E-state index in [-0.39, 0.29) is 30.8 Å². The molecule has 0 spiro atoms. The number of hydrogen-bond donors (Lipinski definition) is 3. The average molecular weight is 390 g/mol. The number of ketones is 1. The van der Waals surface area contributed by atoms with Crippen LogP contribution in [0.2, 0.25) is 0 Å². The first-order valence-electron chi connectivity index (χ1n) is 9.99. The highest BCUT2D eigenvalue weighted by atomic mass is 16.5. The Morgan fingerprint density at radius 2 is 1.93 bits per heavy atom. The summed E-state index contributed by atoms with van der Waals surface area (Å²) in [5.41, 5.74) is -3.30. The number of carbonyl (C=O) groups excluding carboxylic acids is 2. The molecule has 2 fully saturated rings. The fourth-order valence-corrected chi connectivity index (χ4v) is 7.10. The fraction of sp³-hybridized carbons (Fsp3) is 0.727. The Kier molecular flexibility index (Phi) is 3.93. The molecule has 4 rings (SSSR count). The van der Waals surface area contributed by atoms with Crippen molar-refractivity contribution >= 4 is 11.8 Å². The van der Waals surface area contributed by atoms with E-state index in [1.165, 1.54) is 7.11 Å². The highest BCUT2D eigenvalue weighted by molar-refractivity contribution is 6.04. The smallest absolute Gasteiger partial charge is 0.312 e. The predicted molar refractivity (Wildman–Crippen MR) is 101 cm³/mol. The highest BCUT2D eigenvalue weighted by Crippen LogP contribution is 2.80. The minimum absolute atomic E-state index is 0.00918. The number of methoxy groups -OCH3 is 1. The molecule has 2 saturated carbocycles. The maximum Gasteiger partial charge on any atom is 0.312 e. The van der Waals surface area contributed by atoms with Gasteiger partial charge in [0.25, 0.3) is 0 Å². The van der Waals surface area contributed by atoms with Crippen molar-refractivity contribution in [1.82, 2.24) is 0 Å². The molecule has 0 bridgehead atoms. The number of ether oxygens (including phenoxy) is 1. The molecule has 3 N–H and O–H groups in total. The number of aliphatic hydroxyl groups excluding tert-OH is 1. The second kappa shape index (κ2) is 5.55. The maximum absolute atomic E-state index is 12.8. The van der Waals surface area contributed by atoms with Gasteiger partial charge in [0.2, 0.25) is 0 Å². The van der Waals surface area contributed by atoms with Gasteiger partial charge < -0.3 is 20.1 Å². The van der Waals surface area contributed by atoms with Crippen LogP contribution in [0.3, 0.4) is 0 Å². The Morgan fingerprint density at radius 1 is 1.29 bits per heavy atom. The highest BCUT2D eigenvalue weighted by Gasteiger charge is 2.84. The number of hydrogen-bond acceptors (Lipinski definition) is 6. The van der Waals surface area contributed by atoms with Gasteiger partial charge in [0.15, 0.2) is 5.78 Å². The lowest BCUT2D eigenvalue weighted by atomic mass is 9.58. The van der Waals surface area contributed by atoms with E-state index in [4.69, 9.17) is 4.74 Å². The third-order valence-electron chi connectivity index (χ3n) is 8.53. The van der Waals surface area contributed by atoms with Crippen LogP contribution in [-0.4, -0.2) is 52.0 Å². The zero-order chi connectivity index (χ0) is 20.9. The van der Waals surface area contributed by atoms with Crippen molar-refractivity contribution in [2.24, 2.45) is 34.5 Å².